The number of carbonyl (C=O) groups excluding carboxylic acids is 1. The second kappa shape index (κ2) is 3.71. The summed E-state index contributed by atoms with van der Waals surface area (Å²) in [5.41, 5.74) is -0.412. The molecule has 0 aliphatic rings. The van der Waals surface area contributed by atoms with Gasteiger partial charge in [-0.15, -0.1) is 0 Å². The topological polar surface area (TPSA) is 72.2 Å². The van der Waals surface area contributed by atoms with Crippen molar-refractivity contribution in [2.75, 3.05) is 0 Å². The van der Waals surface area contributed by atoms with Gasteiger partial charge in [0.25, 0.3) is 5.78 Å². The van der Waals surface area contributed by atoms with Crippen molar-refractivity contribution in [1.82, 2.24) is 9.55 Å². The lowest BCUT2D eigenvalue weighted by atomic mass is 10.4. The van der Waals surface area contributed by atoms with Gasteiger partial charge in [0.1, 0.15) is 0 Å². The predicted molar refractivity (Wildman–Crippen MR) is 40.2 cm³/mol. The molecule has 0 atom stereocenters. The number of carboxylic acids is 1. The van der Waals surface area contributed by atoms with E-state index in [1.807, 2.05) is 0 Å². The van der Waals surface area contributed by atoms with Crippen LogP contribution < -0.4 is 0 Å². The van der Waals surface area contributed by atoms with Crippen LogP contribution in [0.15, 0.2) is 12.5 Å². The maximum atomic E-state index is 11.8. The summed E-state index contributed by atoms with van der Waals surface area (Å²) in [6.45, 7) is -0.968. The molecule has 0 aliphatic heterocycles. The van der Waals surface area contributed by atoms with Gasteiger partial charge in [-0.3, -0.25) is 4.79 Å². The number of nitrogens with zero attached hydrogens (tertiary/aromatic N) is 2. The lowest BCUT2D eigenvalue weighted by Gasteiger charge is -2.04. The minimum atomic E-state index is -4.92. The van der Waals surface area contributed by atoms with Crippen LogP contribution in [0.3, 0.4) is 0 Å². The van der Waals surface area contributed by atoms with Crippen molar-refractivity contribution in [3.05, 3.63) is 18.2 Å². The van der Waals surface area contributed by atoms with Crippen LogP contribution in [0, 0.1) is 0 Å². The van der Waals surface area contributed by atoms with Gasteiger partial charge in [-0.25, -0.2) is 9.78 Å². The Morgan fingerprint density at radius 1 is 1.47 bits per heavy atom. The van der Waals surface area contributed by atoms with Crippen LogP contribution in [-0.4, -0.2) is 32.6 Å². The SMILES string of the molecule is O=C(O)c1cn(CC(=O)C(F)(F)F)cn1. The molecule has 0 radical (unpaired) electrons. The third-order valence-corrected chi connectivity index (χ3v) is 1.49. The van der Waals surface area contributed by atoms with E-state index in [9.17, 15) is 22.8 Å². The third kappa shape index (κ3) is 2.79. The van der Waals surface area contributed by atoms with E-state index in [2.05, 4.69) is 4.98 Å². The first-order chi connectivity index (χ1) is 6.80. The van der Waals surface area contributed by atoms with Gasteiger partial charge < -0.3 is 9.67 Å². The Bertz CT molecular complexity index is 396. The molecule has 0 bridgehead atoms. The summed E-state index contributed by atoms with van der Waals surface area (Å²) in [6.07, 6.45) is -3.22. The van der Waals surface area contributed by atoms with Crippen LogP contribution in [0.4, 0.5) is 13.2 Å². The monoisotopic (exact) mass is 222 g/mol. The second-order valence-electron chi connectivity index (χ2n) is 2.66. The molecule has 0 amide bonds. The maximum absolute atomic E-state index is 11.8. The molecule has 8 heteroatoms. The second-order valence-corrected chi connectivity index (χ2v) is 2.66. The van der Waals surface area contributed by atoms with Crippen molar-refractivity contribution < 1.29 is 27.9 Å². The van der Waals surface area contributed by atoms with Crippen molar-refractivity contribution in [3.63, 3.8) is 0 Å². The van der Waals surface area contributed by atoms with Crippen molar-refractivity contribution >= 4 is 11.8 Å². The fraction of sp³-hybridized carbons (Fsp3) is 0.286. The number of halogens is 3. The van der Waals surface area contributed by atoms with Crippen LogP contribution in [0.25, 0.3) is 0 Å². The number of carbonyl (C=O) groups is 2. The molecular formula is C7H5F3N2O3. The van der Waals surface area contributed by atoms with Gasteiger partial charge in [0.05, 0.1) is 12.9 Å². The van der Waals surface area contributed by atoms with Crippen molar-refractivity contribution in [2.24, 2.45) is 0 Å². The first kappa shape index (κ1) is 11.2. The van der Waals surface area contributed by atoms with Gasteiger partial charge in [-0.2, -0.15) is 13.2 Å². The number of imidazole rings is 1. The van der Waals surface area contributed by atoms with Gasteiger partial charge in [0, 0.05) is 6.20 Å². The van der Waals surface area contributed by atoms with Crippen LogP contribution in [-0.2, 0) is 11.3 Å². The molecule has 0 unspecified atom stereocenters. The first-order valence-electron chi connectivity index (χ1n) is 3.66. The smallest absolute Gasteiger partial charge is 0.451 e. The van der Waals surface area contributed by atoms with Crippen molar-refractivity contribution in [2.45, 2.75) is 12.7 Å². The largest absolute Gasteiger partial charge is 0.476 e. The third-order valence-electron chi connectivity index (χ3n) is 1.49. The zero-order valence-corrected chi connectivity index (χ0v) is 7.15. The van der Waals surface area contributed by atoms with E-state index in [4.69, 9.17) is 5.11 Å². The molecule has 1 rings (SSSR count). The Hall–Kier alpha value is -1.86. The summed E-state index contributed by atoms with van der Waals surface area (Å²) >= 11 is 0. The number of alkyl halides is 3. The van der Waals surface area contributed by atoms with E-state index in [0.29, 0.717) is 0 Å². The van der Waals surface area contributed by atoms with E-state index >= 15 is 0 Å². The minimum absolute atomic E-state index is 0.412. The Morgan fingerprint density at radius 2 is 2.07 bits per heavy atom. The molecule has 0 spiro atoms. The molecule has 0 fully saturated rings. The highest BCUT2D eigenvalue weighted by Crippen LogP contribution is 2.16. The van der Waals surface area contributed by atoms with Crippen LogP contribution in [0.2, 0.25) is 0 Å². The molecule has 82 valence electrons. The Morgan fingerprint density at radius 3 is 2.47 bits per heavy atom. The summed E-state index contributed by atoms with van der Waals surface area (Å²) in [6, 6.07) is 0. The Balaban J connectivity index is 2.74. The highest BCUT2D eigenvalue weighted by molar-refractivity contribution is 5.86. The van der Waals surface area contributed by atoms with Crippen LogP contribution >= 0.6 is 0 Å². The normalized spacial score (nSPS) is 11.4. The average Bonchev–Trinajstić information content (AvgIpc) is 2.50. The summed E-state index contributed by atoms with van der Waals surface area (Å²) < 4.78 is 36.2. The molecule has 0 saturated carbocycles. The molecule has 1 N–H and O–H groups in total. The fourth-order valence-electron chi connectivity index (χ4n) is 0.812. The number of hydrogen-bond donors (Lipinski definition) is 1. The van der Waals surface area contributed by atoms with E-state index in [-0.39, 0.29) is 0 Å². The van der Waals surface area contributed by atoms with E-state index in [0.717, 1.165) is 17.1 Å². The molecule has 1 aromatic rings. The molecule has 0 aliphatic carbocycles. The van der Waals surface area contributed by atoms with E-state index in [1.165, 1.54) is 0 Å². The lowest BCUT2D eigenvalue weighted by molar-refractivity contribution is -0.171. The predicted octanol–water partition coefficient (Wildman–Crippen LogP) is 0.713. The lowest BCUT2D eigenvalue weighted by Crippen LogP contribution is -2.26. The van der Waals surface area contributed by atoms with Gasteiger partial charge >= 0.3 is 12.1 Å². The zero-order valence-electron chi connectivity index (χ0n) is 7.15. The number of hydrogen-bond acceptors (Lipinski definition) is 3. The number of Topliss-reactive ketones (excluding diaryl/α,β-unsaturated/α-hetero) is 1. The number of aromatic nitrogens is 2. The van der Waals surface area contributed by atoms with Gasteiger partial charge in [-0.05, 0) is 0 Å². The number of carboxylic acid groups (broad SMARTS) is 1. The Kier molecular flexibility index (Phi) is 2.78. The summed E-state index contributed by atoms with van der Waals surface area (Å²) in [5.74, 6) is -3.33. The molecular weight excluding hydrogens is 217 g/mol. The van der Waals surface area contributed by atoms with Crippen molar-refractivity contribution in [3.8, 4) is 0 Å². The quantitative estimate of drug-likeness (QED) is 0.817. The summed E-state index contributed by atoms with van der Waals surface area (Å²) in [7, 11) is 0. The molecule has 5 nitrogen and oxygen atoms in total. The average molecular weight is 222 g/mol. The molecule has 15 heavy (non-hydrogen) atoms. The highest BCUT2D eigenvalue weighted by Gasteiger charge is 2.38. The van der Waals surface area contributed by atoms with E-state index in [1.54, 1.807) is 0 Å². The number of rotatable bonds is 3. The number of aromatic carboxylic acids is 1. The van der Waals surface area contributed by atoms with Gasteiger partial charge in [0.15, 0.2) is 5.69 Å². The Labute approximate surface area is 81.1 Å². The maximum Gasteiger partial charge on any atom is 0.451 e. The standard InChI is InChI=1S/C7H5F3N2O3/c8-7(9,10)5(13)2-12-1-4(6(14)15)11-3-12/h1,3H,2H2,(H,14,15). The fourth-order valence-corrected chi connectivity index (χ4v) is 0.812. The molecule has 1 aromatic heterocycles. The first-order valence-corrected chi connectivity index (χ1v) is 3.66. The highest BCUT2D eigenvalue weighted by atomic mass is 19.4. The zero-order chi connectivity index (χ0) is 11.6. The molecule has 0 aromatic carbocycles. The number of ketones is 1. The van der Waals surface area contributed by atoms with E-state index < -0.39 is 30.2 Å². The molecule has 0 saturated heterocycles. The van der Waals surface area contributed by atoms with Crippen LogP contribution in [0.1, 0.15) is 10.5 Å². The van der Waals surface area contributed by atoms with Crippen molar-refractivity contribution in [1.29, 1.82) is 0 Å². The minimum Gasteiger partial charge on any atom is -0.476 e. The molecule has 1 heterocycles. The van der Waals surface area contributed by atoms with Crippen LogP contribution in [0.5, 0.6) is 0 Å². The van der Waals surface area contributed by atoms with Gasteiger partial charge in [0.2, 0.25) is 0 Å². The summed E-state index contributed by atoms with van der Waals surface area (Å²) in [4.78, 5) is 24.1. The summed E-state index contributed by atoms with van der Waals surface area (Å²) in [5, 5.41) is 8.41. The van der Waals surface area contributed by atoms with Gasteiger partial charge in [-0.1, -0.05) is 0 Å².